The van der Waals surface area contributed by atoms with Crippen LogP contribution in [0.2, 0.25) is 0 Å². The molecule has 2 fully saturated rings. The number of carbonyl (C=O) groups excluding carboxylic acids is 4. The molecular formula is C32H46N6O7. The van der Waals surface area contributed by atoms with Gasteiger partial charge < -0.3 is 29.9 Å². The predicted molar refractivity (Wildman–Crippen MR) is 164 cm³/mol. The fraction of sp³-hybridized carbons (Fsp3) is 0.625. The molecule has 2 aromatic rings. The van der Waals surface area contributed by atoms with Gasteiger partial charge in [0.1, 0.15) is 17.7 Å². The minimum atomic E-state index is -1.02. The zero-order valence-electron chi connectivity index (χ0n) is 26.8. The molecule has 0 aliphatic carbocycles. The third-order valence-electron chi connectivity index (χ3n) is 7.86. The van der Waals surface area contributed by atoms with Crippen LogP contribution in [0.15, 0.2) is 35.1 Å². The van der Waals surface area contributed by atoms with Crippen molar-refractivity contribution < 1.29 is 33.2 Å². The summed E-state index contributed by atoms with van der Waals surface area (Å²) in [5, 5.41) is 12.4. The first kappa shape index (κ1) is 34.2. The Labute approximate surface area is 264 Å². The number of ether oxygens (including phenoxy) is 2. The Bertz CT molecular complexity index is 1300. The lowest BCUT2D eigenvalue weighted by Gasteiger charge is -2.27. The first-order chi connectivity index (χ1) is 21.4. The van der Waals surface area contributed by atoms with Gasteiger partial charge in [-0.05, 0) is 49.3 Å². The second kappa shape index (κ2) is 15.5. The monoisotopic (exact) mass is 626 g/mol. The van der Waals surface area contributed by atoms with Crippen molar-refractivity contribution in [2.24, 2.45) is 11.8 Å². The van der Waals surface area contributed by atoms with Crippen molar-refractivity contribution in [2.75, 3.05) is 32.9 Å². The summed E-state index contributed by atoms with van der Waals surface area (Å²) in [4.78, 5) is 60.0. The topological polar surface area (TPSA) is 168 Å². The Kier molecular flexibility index (Phi) is 11.8. The summed E-state index contributed by atoms with van der Waals surface area (Å²) in [6, 6.07) is 2.35. The van der Waals surface area contributed by atoms with Gasteiger partial charge in [0.05, 0.1) is 32.4 Å². The number of amides is 3. The molecule has 4 atom stereocenters. The highest BCUT2D eigenvalue weighted by atomic mass is 16.6. The molecule has 13 nitrogen and oxygen atoms in total. The van der Waals surface area contributed by atoms with Crippen LogP contribution in [0.5, 0.6) is 0 Å². The van der Waals surface area contributed by atoms with Crippen LogP contribution < -0.4 is 16.0 Å². The number of rotatable bonds is 16. The summed E-state index contributed by atoms with van der Waals surface area (Å²) in [5.74, 6) is -1.04. The first-order valence-corrected chi connectivity index (χ1v) is 15.7. The second-order valence-electron chi connectivity index (χ2n) is 12.9. The second-order valence-corrected chi connectivity index (χ2v) is 12.9. The van der Waals surface area contributed by atoms with Crippen molar-refractivity contribution in [3.8, 4) is 0 Å². The van der Waals surface area contributed by atoms with E-state index in [1.54, 1.807) is 37.5 Å². The van der Waals surface area contributed by atoms with E-state index in [0.29, 0.717) is 45.0 Å². The largest absolute Gasteiger partial charge is 0.379 e. The Balaban J connectivity index is 1.47. The van der Waals surface area contributed by atoms with Gasteiger partial charge in [0, 0.05) is 38.0 Å². The van der Waals surface area contributed by atoms with Crippen LogP contribution >= 0.6 is 0 Å². The van der Waals surface area contributed by atoms with E-state index in [1.807, 2.05) is 27.7 Å². The number of hydrogen-bond donors (Lipinski definition) is 3. The van der Waals surface area contributed by atoms with E-state index in [1.165, 1.54) is 0 Å². The smallest absolute Gasteiger partial charge is 0.274 e. The molecule has 4 heterocycles. The minimum absolute atomic E-state index is 0.0510. The van der Waals surface area contributed by atoms with Gasteiger partial charge in [0.2, 0.25) is 11.8 Å². The van der Waals surface area contributed by atoms with Crippen molar-refractivity contribution in [3.63, 3.8) is 0 Å². The van der Waals surface area contributed by atoms with Crippen LogP contribution in [0.4, 0.5) is 0 Å². The molecular weight excluding hydrogens is 580 g/mol. The van der Waals surface area contributed by atoms with E-state index < -0.39 is 41.4 Å². The van der Waals surface area contributed by atoms with Gasteiger partial charge in [0.25, 0.3) is 5.91 Å². The third-order valence-corrected chi connectivity index (χ3v) is 7.86. The standard InChI is InChI=1S/C32H46N6O7/c1-20(2)14-24(28(39)32(5)19-44-32)34-30(41)26(16-22-6-8-33-9-7-22)36-29(40)25(15-21(3)4)35-31(42)27-17-23(45-37-27)18-38-10-12-43-13-11-38/h6-9,17,20-21,24-26H,10-16,18-19H2,1-5H3,(H,34,41)(H,35,42)(H,36,40). The van der Waals surface area contributed by atoms with Gasteiger partial charge in [-0.1, -0.05) is 32.9 Å². The molecule has 0 spiro atoms. The molecule has 2 saturated heterocycles. The van der Waals surface area contributed by atoms with Gasteiger partial charge in [0.15, 0.2) is 17.2 Å². The lowest BCUT2D eigenvalue weighted by molar-refractivity contribution is -0.133. The molecule has 2 aliphatic heterocycles. The number of hydrogen-bond acceptors (Lipinski definition) is 10. The highest BCUT2D eigenvalue weighted by molar-refractivity contribution is 5.99. The van der Waals surface area contributed by atoms with E-state index in [4.69, 9.17) is 14.0 Å². The molecule has 4 unspecified atom stereocenters. The van der Waals surface area contributed by atoms with Crippen LogP contribution in [-0.2, 0) is 36.8 Å². The van der Waals surface area contributed by atoms with E-state index >= 15 is 0 Å². The number of pyridine rings is 1. The number of epoxide rings is 1. The Morgan fingerprint density at radius 2 is 1.51 bits per heavy atom. The molecule has 0 bridgehead atoms. The summed E-state index contributed by atoms with van der Waals surface area (Å²) >= 11 is 0. The number of ketones is 1. The molecule has 0 saturated carbocycles. The van der Waals surface area contributed by atoms with Crippen molar-refractivity contribution in [1.29, 1.82) is 0 Å². The number of carbonyl (C=O) groups is 4. The highest BCUT2D eigenvalue weighted by Gasteiger charge is 2.50. The number of Topliss-reactive ketones (excluding diaryl/α,β-unsaturated/α-hetero) is 1. The Morgan fingerprint density at radius 1 is 0.911 bits per heavy atom. The zero-order valence-corrected chi connectivity index (χ0v) is 26.8. The molecule has 2 aliphatic rings. The number of nitrogens with zero attached hydrogens (tertiary/aromatic N) is 3. The van der Waals surface area contributed by atoms with Gasteiger partial charge in [-0.2, -0.15) is 0 Å². The van der Waals surface area contributed by atoms with E-state index in [0.717, 1.165) is 18.7 Å². The summed E-state index contributed by atoms with van der Waals surface area (Å²) in [7, 11) is 0. The van der Waals surface area contributed by atoms with Crippen molar-refractivity contribution in [1.82, 2.24) is 31.0 Å². The molecule has 0 radical (unpaired) electrons. The van der Waals surface area contributed by atoms with Gasteiger partial charge in [-0.3, -0.25) is 29.1 Å². The Morgan fingerprint density at radius 3 is 2.13 bits per heavy atom. The molecule has 0 aromatic carbocycles. The van der Waals surface area contributed by atoms with Crippen LogP contribution in [0, 0.1) is 11.8 Å². The van der Waals surface area contributed by atoms with Crippen LogP contribution in [0.1, 0.15) is 69.3 Å². The average molecular weight is 627 g/mol. The predicted octanol–water partition coefficient (Wildman–Crippen LogP) is 1.66. The SMILES string of the molecule is CC(C)CC(NC(=O)c1cc(CN2CCOCC2)on1)C(=O)NC(Cc1ccncc1)C(=O)NC(CC(C)C)C(=O)C1(C)CO1. The lowest BCUT2D eigenvalue weighted by Crippen LogP contribution is -2.57. The summed E-state index contributed by atoms with van der Waals surface area (Å²) in [5.41, 5.74) is -0.0711. The van der Waals surface area contributed by atoms with E-state index in [9.17, 15) is 19.2 Å². The molecule has 13 heteroatoms. The van der Waals surface area contributed by atoms with Crippen molar-refractivity contribution >= 4 is 23.5 Å². The molecule has 246 valence electrons. The number of aromatic nitrogens is 2. The van der Waals surface area contributed by atoms with Crippen LogP contribution in [-0.4, -0.2) is 95.2 Å². The van der Waals surface area contributed by atoms with E-state index in [-0.39, 0.29) is 29.7 Å². The highest BCUT2D eigenvalue weighted by Crippen LogP contribution is 2.29. The summed E-state index contributed by atoms with van der Waals surface area (Å²) in [6.07, 6.45) is 4.12. The molecule has 45 heavy (non-hydrogen) atoms. The molecule has 3 amide bonds. The Hall–Kier alpha value is -3.68. The minimum Gasteiger partial charge on any atom is -0.379 e. The first-order valence-electron chi connectivity index (χ1n) is 15.7. The maximum absolute atomic E-state index is 13.7. The number of morpholine rings is 1. The summed E-state index contributed by atoms with van der Waals surface area (Å²) in [6.45, 7) is 13.1. The van der Waals surface area contributed by atoms with Gasteiger partial charge in [-0.15, -0.1) is 0 Å². The van der Waals surface area contributed by atoms with Gasteiger partial charge >= 0.3 is 0 Å². The number of nitrogens with one attached hydrogen (secondary N) is 3. The zero-order chi connectivity index (χ0) is 32.6. The maximum atomic E-state index is 13.7. The summed E-state index contributed by atoms with van der Waals surface area (Å²) < 4.78 is 16.1. The van der Waals surface area contributed by atoms with E-state index in [2.05, 4.69) is 31.0 Å². The van der Waals surface area contributed by atoms with Crippen LogP contribution in [0.3, 0.4) is 0 Å². The quantitative estimate of drug-likeness (QED) is 0.233. The normalized spacial score (nSPS) is 20.3. The third kappa shape index (κ3) is 10.2. The molecule has 3 N–H and O–H groups in total. The molecule has 2 aromatic heterocycles. The van der Waals surface area contributed by atoms with Crippen molar-refractivity contribution in [2.45, 2.75) is 84.2 Å². The maximum Gasteiger partial charge on any atom is 0.274 e. The fourth-order valence-corrected chi connectivity index (χ4v) is 5.24. The van der Waals surface area contributed by atoms with Crippen LogP contribution in [0.25, 0.3) is 0 Å². The molecule has 4 rings (SSSR count). The average Bonchev–Trinajstić information content (AvgIpc) is 3.58. The fourth-order valence-electron chi connectivity index (χ4n) is 5.24. The van der Waals surface area contributed by atoms with Gasteiger partial charge in [-0.25, -0.2) is 0 Å². The van der Waals surface area contributed by atoms with Crippen molar-refractivity contribution in [3.05, 3.63) is 47.6 Å². The lowest BCUT2D eigenvalue weighted by atomic mass is 9.93.